The average Bonchev–Trinajstić information content (AvgIpc) is 2.28. The molecule has 0 unspecified atom stereocenters. The van der Waals surface area contributed by atoms with E-state index in [2.05, 4.69) is 15.3 Å². The molecule has 0 aromatic carbocycles. The lowest BCUT2D eigenvalue weighted by molar-refractivity contribution is 0.325. The molecule has 0 radical (unpaired) electrons. The largest absolute Gasteiger partial charge is 0.326 e. The van der Waals surface area contributed by atoms with E-state index in [4.69, 9.17) is 17.3 Å². The highest BCUT2D eigenvalue weighted by atomic mass is 35.5. The first-order valence-electron chi connectivity index (χ1n) is 5.72. The Hall–Kier alpha value is -0.710. The van der Waals surface area contributed by atoms with Crippen molar-refractivity contribution in [2.45, 2.75) is 44.3 Å². The average molecular weight is 241 g/mol. The summed E-state index contributed by atoms with van der Waals surface area (Å²) in [6.07, 6.45) is 6.45. The quantitative estimate of drug-likeness (QED) is 0.786. The van der Waals surface area contributed by atoms with Crippen LogP contribution in [0.25, 0.3) is 0 Å². The van der Waals surface area contributed by atoms with Gasteiger partial charge in [-0.1, -0.05) is 12.8 Å². The Bertz CT molecular complexity index is 345. The zero-order valence-corrected chi connectivity index (χ0v) is 9.95. The highest BCUT2D eigenvalue weighted by molar-refractivity contribution is 6.28. The standard InChI is InChI=1S/C11H17ClN4/c12-11-14-6-5-8(16-11)7-15-10-4-2-1-3-9(10)13/h5-6,9-10,15H,1-4,7,13H2/t9-,10+/m1/s1. The summed E-state index contributed by atoms with van der Waals surface area (Å²) >= 11 is 5.72. The fourth-order valence-corrected chi connectivity index (χ4v) is 2.28. The van der Waals surface area contributed by atoms with Crippen LogP contribution >= 0.6 is 11.6 Å². The number of rotatable bonds is 3. The second kappa shape index (κ2) is 5.57. The minimum atomic E-state index is 0.269. The van der Waals surface area contributed by atoms with Crippen molar-refractivity contribution in [1.82, 2.24) is 15.3 Å². The minimum absolute atomic E-state index is 0.269. The fraction of sp³-hybridized carbons (Fsp3) is 0.636. The van der Waals surface area contributed by atoms with E-state index in [-0.39, 0.29) is 6.04 Å². The van der Waals surface area contributed by atoms with Crippen molar-refractivity contribution < 1.29 is 0 Å². The van der Waals surface area contributed by atoms with Gasteiger partial charge >= 0.3 is 0 Å². The van der Waals surface area contributed by atoms with Gasteiger partial charge in [0.25, 0.3) is 0 Å². The summed E-state index contributed by atoms with van der Waals surface area (Å²) in [4.78, 5) is 7.99. The highest BCUT2D eigenvalue weighted by Crippen LogP contribution is 2.17. The number of aromatic nitrogens is 2. The SMILES string of the molecule is N[C@@H]1CCCC[C@@H]1NCc1ccnc(Cl)n1. The van der Waals surface area contributed by atoms with E-state index in [0.29, 0.717) is 17.9 Å². The maximum atomic E-state index is 6.05. The van der Waals surface area contributed by atoms with E-state index >= 15 is 0 Å². The number of hydrogen-bond acceptors (Lipinski definition) is 4. The number of hydrogen-bond donors (Lipinski definition) is 2. The van der Waals surface area contributed by atoms with E-state index in [1.165, 1.54) is 12.8 Å². The molecule has 5 heteroatoms. The zero-order chi connectivity index (χ0) is 11.4. The topological polar surface area (TPSA) is 63.8 Å². The molecular formula is C11H17ClN4. The predicted octanol–water partition coefficient (Wildman–Crippen LogP) is 1.49. The molecule has 1 aromatic rings. The molecular weight excluding hydrogens is 224 g/mol. The van der Waals surface area contributed by atoms with Crippen molar-refractivity contribution >= 4 is 11.6 Å². The first-order chi connectivity index (χ1) is 7.75. The molecule has 1 heterocycles. The van der Waals surface area contributed by atoms with Crippen LogP contribution in [0.5, 0.6) is 0 Å². The smallest absolute Gasteiger partial charge is 0.222 e. The molecule has 0 spiro atoms. The predicted molar refractivity (Wildman–Crippen MR) is 64.1 cm³/mol. The zero-order valence-electron chi connectivity index (χ0n) is 9.19. The Morgan fingerprint density at radius 1 is 1.44 bits per heavy atom. The Balaban J connectivity index is 1.86. The van der Waals surface area contributed by atoms with E-state index < -0.39 is 0 Å². The van der Waals surface area contributed by atoms with Gasteiger partial charge in [-0.2, -0.15) is 0 Å². The Morgan fingerprint density at radius 3 is 3.00 bits per heavy atom. The van der Waals surface area contributed by atoms with Crippen molar-refractivity contribution in [3.8, 4) is 0 Å². The summed E-state index contributed by atoms with van der Waals surface area (Å²) in [5.74, 6) is 0. The van der Waals surface area contributed by atoms with Gasteiger partial charge in [0, 0.05) is 24.8 Å². The minimum Gasteiger partial charge on any atom is -0.326 e. The summed E-state index contributed by atoms with van der Waals surface area (Å²) in [6.45, 7) is 0.709. The van der Waals surface area contributed by atoms with Gasteiger partial charge in [0.05, 0.1) is 5.69 Å². The van der Waals surface area contributed by atoms with E-state index in [0.717, 1.165) is 18.5 Å². The van der Waals surface area contributed by atoms with Gasteiger partial charge in [-0.3, -0.25) is 0 Å². The maximum absolute atomic E-state index is 6.05. The van der Waals surface area contributed by atoms with Gasteiger partial charge in [-0.05, 0) is 30.5 Å². The normalized spacial score (nSPS) is 25.6. The summed E-state index contributed by atoms with van der Waals surface area (Å²) < 4.78 is 0. The Morgan fingerprint density at radius 2 is 2.25 bits per heavy atom. The van der Waals surface area contributed by atoms with Crippen molar-refractivity contribution in [3.05, 3.63) is 23.2 Å². The summed E-state index contributed by atoms with van der Waals surface area (Å²) in [6, 6.07) is 2.54. The molecule has 0 aliphatic heterocycles. The second-order valence-electron chi connectivity index (χ2n) is 4.25. The number of nitrogens with two attached hydrogens (primary N) is 1. The van der Waals surface area contributed by atoms with Crippen LogP contribution in [0.15, 0.2) is 12.3 Å². The molecule has 88 valence electrons. The summed E-state index contributed by atoms with van der Waals surface area (Å²) in [7, 11) is 0. The number of nitrogens with one attached hydrogen (secondary N) is 1. The lowest BCUT2D eigenvalue weighted by Gasteiger charge is -2.29. The molecule has 2 rings (SSSR count). The van der Waals surface area contributed by atoms with Gasteiger partial charge in [0.2, 0.25) is 5.28 Å². The summed E-state index contributed by atoms with van der Waals surface area (Å²) in [5.41, 5.74) is 6.97. The third kappa shape index (κ3) is 3.14. The molecule has 0 saturated heterocycles. The molecule has 2 atom stereocenters. The summed E-state index contributed by atoms with van der Waals surface area (Å²) in [5, 5.41) is 3.74. The van der Waals surface area contributed by atoms with Crippen molar-refractivity contribution in [2.24, 2.45) is 5.73 Å². The molecule has 1 aromatic heterocycles. The van der Waals surface area contributed by atoms with Crippen LogP contribution in [0.1, 0.15) is 31.4 Å². The Labute approximate surface area is 101 Å². The number of nitrogens with zero attached hydrogens (tertiary/aromatic N) is 2. The van der Waals surface area contributed by atoms with Crippen LogP contribution < -0.4 is 11.1 Å². The molecule has 1 fully saturated rings. The fourth-order valence-electron chi connectivity index (χ4n) is 2.12. The molecule has 4 nitrogen and oxygen atoms in total. The highest BCUT2D eigenvalue weighted by Gasteiger charge is 2.20. The van der Waals surface area contributed by atoms with E-state index in [9.17, 15) is 0 Å². The van der Waals surface area contributed by atoms with Crippen LogP contribution in [0, 0.1) is 0 Å². The lowest BCUT2D eigenvalue weighted by atomic mass is 9.91. The van der Waals surface area contributed by atoms with Gasteiger partial charge in [-0.15, -0.1) is 0 Å². The number of halogens is 1. The molecule has 1 aliphatic rings. The molecule has 0 amide bonds. The van der Waals surface area contributed by atoms with Gasteiger partial charge in [-0.25, -0.2) is 9.97 Å². The molecule has 0 bridgehead atoms. The van der Waals surface area contributed by atoms with Crippen molar-refractivity contribution in [1.29, 1.82) is 0 Å². The lowest BCUT2D eigenvalue weighted by Crippen LogP contribution is -2.46. The van der Waals surface area contributed by atoms with Crippen LogP contribution in [0.4, 0.5) is 0 Å². The molecule has 1 saturated carbocycles. The van der Waals surface area contributed by atoms with Gasteiger partial charge in [0.15, 0.2) is 0 Å². The van der Waals surface area contributed by atoms with Gasteiger partial charge < -0.3 is 11.1 Å². The second-order valence-corrected chi connectivity index (χ2v) is 4.59. The van der Waals surface area contributed by atoms with Crippen molar-refractivity contribution in [2.75, 3.05) is 0 Å². The van der Waals surface area contributed by atoms with E-state index in [1.807, 2.05) is 6.07 Å². The molecule has 1 aliphatic carbocycles. The van der Waals surface area contributed by atoms with Crippen molar-refractivity contribution in [3.63, 3.8) is 0 Å². The molecule has 3 N–H and O–H groups in total. The van der Waals surface area contributed by atoms with E-state index in [1.54, 1.807) is 6.20 Å². The van der Waals surface area contributed by atoms with Crippen LogP contribution in [-0.2, 0) is 6.54 Å². The third-order valence-corrected chi connectivity index (χ3v) is 3.23. The molecule has 16 heavy (non-hydrogen) atoms. The van der Waals surface area contributed by atoms with Crippen LogP contribution in [0.3, 0.4) is 0 Å². The maximum Gasteiger partial charge on any atom is 0.222 e. The first-order valence-corrected chi connectivity index (χ1v) is 6.10. The van der Waals surface area contributed by atoms with Gasteiger partial charge in [0.1, 0.15) is 0 Å². The first kappa shape index (κ1) is 11.8. The Kier molecular flexibility index (Phi) is 4.09. The third-order valence-electron chi connectivity index (χ3n) is 3.05. The van der Waals surface area contributed by atoms with Crippen LogP contribution in [0.2, 0.25) is 5.28 Å². The monoisotopic (exact) mass is 240 g/mol. The van der Waals surface area contributed by atoms with Crippen LogP contribution in [-0.4, -0.2) is 22.1 Å².